The van der Waals surface area contributed by atoms with Crippen molar-refractivity contribution in [2.75, 3.05) is 21.3 Å². The van der Waals surface area contributed by atoms with Crippen LogP contribution in [0, 0.1) is 0 Å². The molecular weight excluding hydrogens is 342 g/mol. The third kappa shape index (κ3) is 2.59. The van der Waals surface area contributed by atoms with E-state index in [9.17, 15) is 14.7 Å². The lowest BCUT2D eigenvalue weighted by Gasteiger charge is -2.04. The molecule has 0 N–H and O–H groups in total. The molecule has 26 heavy (non-hydrogen) atoms. The van der Waals surface area contributed by atoms with Gasteiger partial charge in [0.2, 0.25) is 0 Å². The van der Waals surface area contributed by atoms with Crippen molar-refractivity contribution >= 4 is 17.9 Å². The molecule has 0 radical (unpaired) electrons. The van der Waals surface area contributed by atoms with Gasteiger partial charge in [-0.1, -0.05) is 30.3 Å². The first kappa shape index (κ1) is 17.2. The van der Waals surface area contributed by atoms with Gasteiger partial charge in [0, 0.05) is 11.6 Å². The normalized spacial score (nSPS) is 12.0. The van der Waals surface area contributed by atoms with Crippen molar-refractivity contribution in [3.63, 3.8) is 0 Å². The number of esters is 2. The lowest BCUT2D eigenvalue weighted by Crippen LogP contribution is -2.39. The van der Waals surface area contributed by atoms with Crippen molar-refractivity contribution in [1.29, 1.82) is 0 Å². The minimum atomic E-state index is -0.837. The van der Waals surface area contributed by atoms with E-state index in [1.165, 1.54) is 24.8 Å². The number of benzene rings is 1. The maximum atomic E-state index is 12.3. The fourth-order valence-corrected chi connectivity index (χ4v) is 2.59. The van der Waals surface area contributed by atoms with E-state index in [1.54, 1.807) is 24.3 Å². The van der Waals surface area contributed by atoms with Crippen molar-refractivity contribution in [2.24, 2.45) is 0 Å². The quantitative estimate of drug-likeness (QED) is 0.433. The van der Waals surface area contributed by atoms with Gasteiger partial charge >= 0.3 is 17.6 Å². The maximum absolute atomic E-state index is 12.3. The van der Waals surface area contributed by atoms with Crippen LogP contribution >= 0.6 is 0 Å². The summed E-state index contributed by atoms with van der Waals surface area (Å²) in [5.41, 5.74) is 0.712. The Bertz CT molecular complexity index is 1040. The number of hydrogen-bond acceptors (Lipinski definition) is 7. The van der Waals surface area contributed by atoms with Gasteiger partial charge in [-0.15, -0.1) is 4.52 Å². The molecule has 1 aromatic carbocycles. The molecule has 0 aliphatic carbocycles. The monoisotopic (exact) mass is 357 g/mol. The summed E-state index contributed by atoms with van der Waals surface area (Å²) in [7, 11) is 3.57. The predicted octanol–water partition coefficient (Wildman–Crippen LogP) is -1.05. The lowest BCUT2D eigenvalue weighted by atomic mass is 10.1. The fraction of sp³-hybridized carbons (Fsp3) is 0.176. The number of carbonyl (C=O) groups is 2. The molecule has 2 heterocycles. The van der Waals surface area contributed by atoms with Crippen LogP contribution in [0.5, 0.6) is 0 Å². The molecule has 0 fully saturated rings. The Kier molecular flexibility index (Phi) is 4.44. The summed E-state index contributed by atoms with van der Waals surface area (Å²) in [5, 5.41) is 16.2. The molecule has 9 heteroatoms. The number of aromatic nitrogens is 3. The molecule has 0 saturated heterocycles. The summed E-state index contributed by atoms with van der Waals surface area (Å²) in [4.78, 5) is 24.4. The van der Waals surface area contributed by atoms with Gasteiger partial charge < -0.3 is 19.3 Å². The number of hydrogen-bond donors (Lipinski definition) is 0. The van der Waals surface area contributed by atoms with E-state index in [0.29, 0.717) is 11.3 Å². The second-order valence-corrected chi connectivity index (χ2v) is 5.15. The second-order valence-electron chi connectivity index (χ2n) is 5.15. The largest absolute Gasteiger partial charge is 0.615 e. The van der Waals surface area contributed by atoms with Gasteiger partial charge in [-0.2, -0.15) is 0 Å². The number of ether oxygens (including phenoxy) is 3. The zero-order chi connectivity index (χ0) is 18.8. The summed E-state index contributed by atoms with van der Waals surface area (Å²) >= 11 is 0. The first-order valence-corrected chi connectivity index (χ1v) is 7.48. The highest BCUT2D eigenvalue weighted by atomic mass is 16.6. The summed E-state index contributed by atoms with van der Waals surface area (Å²) < 4.78 is 16.7. The van der Waals surface area contributed by atoms with Crippen LogP contribution in [-0.4, -0.2) is 43.0 Å². The molecule has 0 atom stereocenters. The van der Waals surface area contributed by atoms with E-state index >= 15 is 0 Å². The summed E-state index contributed by atoms with van der Waals surface area (Å²) in [6, 6.07) is 10.5. The highest BCUT2D eigenvalue weighted by Gasteiger charge is 2.38. The Balaban J connectivity index is 2.50. The van der Waals surface area contributed by atoms with E-state index in [1.807, 2.05) is 6.07 Å². The Morgan fingerprint density at radius 1 is 1.04 bits per heavy atom. The van der Waals surface area contributed by atoms with Crippen molar-refractivity contribution in [3.8, 4) is 11.3 Å². The number of carbonyl (C=O) groups excluding carboxylic acids is 2. The van der Waals surface area contributed by atoms with Crippen molar-refractivity contribution in [2.45, 2.75) is 0 Å². The average molecular weight is 357 g/mol. The lowest BCUT2D eigenvalue weighted by molar-refractivity contribution is -0.611. The molecule has 3 rings (SSSR count). The van der Waals surface area contributed by atoms with E-state index in [4.69, 9.17) is 14.2 Å². The maximum Gasteiger partial charge on any atom is 0.390 e. The molecule has 0 aliphatic heterocycles. The number of fused-ring (bicyclic) bond motifs is 1. The Hall–Kier alpha value is -3.62. The average Bonchev–Trinajstić information content (AvgIpc) is 3.24. The van der Waals surface area contributed by atoms with E-state index in [0.717, 1.165) is 11.7 Å². The van der Waals surface area contributed by atoms with Crippen LogP contribution in [-0.2, 0) is 14.2 Å². The van der Waals surface area contributed by atoms with Crippen LogP contribution in [0.1, 0.15) is 21.0 Å². The van der Waals surface area contributed by atoms with E-state index < -0.39 is 17.9 Å². The van der Waals surface area contributed by atoms with Gasteiger partial charge in [0.25, 0.3) is 5.69 Å². The molecule has 0 aliphatic rings. The van der Waals surface area contributed by atoms with Crippen molar-refractivity contribution in [3.05, 3.63) is 53.1 Å². The highest BCUT2D eigenvalue weighted by Crippen LogP contribution is 2.16. The molecular formula is C17H15N3O6. The van der Waals surface area contributed by atoms with Gasteiger partial charge in [-0.3, -0.25) is 0 Å². The minimum Gasteiger partial charge on any atom is -0.615 e. The summed E-state index contributed by atoms with van der Waals surface area (Å²) in [5.74, 6) is -2.32. The summed E-state index contributed by atoms with van der Waals surface area (Å²) in [6.45, 7) is 0. The molecule has 0 bridgehead atoms. The smallest absolute Gasteiger partial charge is 0.390 e. The first-order chi connectivity index (χ1) is 12.5. The zero-order valence-electron chi connectivity index (χ0n) is 14.3. The minimum absolute atomic E-state index is 0.0339. The Labute approximate surface area is 147 Å². The number of nitrogens with zero attached hydrogens (tertiary/aromatic N) is 3. The molecule has 0 unspecified atom stereocenters. The summed E-state index contributed by atoms with van der Waals surface area (Å²) in [6.07, 6.45) is 0. The fourth-order valence-electron chi connectivity index (χ4n) is 2.59. The number of methoxy groups -OCH3 is 3. The van der Waals surface area contributed by atoms with Crippen LogP contribution in [0.4, 0.5) is 0 Å². The van der Waals surface area contributed by atoms with Gasteiger partial charge in [-0.25, -0.2) is 9.59 Å². The Morgan fingerprint density at radius 3 is 2.27 bits per heavy atom. The van der Waals surface area contributed by atoms with Crippen LogP contribution in [0.2, 0.25) is 0 Å². The molecule has 0 amide bonds. The van der Waals surface area contributed by atoms with Gasteiger partial charge in [-0.05, 0) is 11.7 Å². The van der Waals surface area contributed by atoms with Crippen LogP contribution < -0.4 is 15.0 Å². The Morgan fingerprint density at radius 2 is 1.69 bits per heavy atom. The molecule has 2 aromatic heterocycles. The third-order valence-electron chi connectivity index (χ3n) is 3.76. The topological polar surface area (TPSA) is 106 Å². The third-order valence-corrected chi connectivity index (χ3v) is 3.76. The van der Waals surface area contributed by atoms with Gasteiger partial charge in [0.05, 0.1) is 25.3 Å². The number of rotatable bonds is 4. The van der Waals surface area contributed by atoms with Gasteiger partial charge in [0.15, 0.2) is 11.0 Å². The van der Waals surface area contributed by atoms with Crippen LogP contribution in [0.3, 0.4) is 0 Å². The van der Waals surface area contributed by atoms with Crippen molar-refractivity contribution in [1.82, 2.24) is 9.73 Å². The predicted molar refractivity (Wildman–Crippen MR) is 84.6 cm³/mol. The van der Waals surface area contributed by atoms with Crippen molar-refractivity contribution < 1.29 is 33.4 Å². The van der Waals surface area contributed by atoms with E-state index in [2.05, 4.69) is 5.10 Å². The SMILES string of the molecule is COC(=O)c1nn2/c(=C(/[O-])OC)cc(-c3ccccc3)[n+]2c1C(=O)OC. The van der Waals surface area contributed by atoms with Crippen LogP contribution in [0.15, 0.2) is 36.4 Å². The highest BCUT2D eigenvalue weighted by molar-refractivity contribution is 5.99. The van der Waals surface area contributed by atoms with E-state index in [-0.39, 0.29) is 16.7 Å². The second kappa shape index (κ2) is 6.71. The molecule has 0 saturated carbocycles. The van der Waals surface area contributed by atoms with Gasteiger partial charge in [0.1, 0.15) is 0 Å². The zero-order valence-corrected chi connectivity index (χ0v) is 14.3. The molecule has 0 spiro atoms. The van der Waals surface area contributed by atoms with Crippen LogP contribution in [0.25, 0.3) is 17.2 Å². The molecule has 9 nitrogen and oxygen atoms in total. The first-order valence-electron chi connectivity index (χ1n) is 7.48. The molecule has 3 aromatic rings. The molecule has 134 valence electrons. The standard InChI is InChI=1S/C17H15N3O6/c1-24-15(21)12-9-11(10-7-5-4-6-8-10)19-14(17(23)26-3)13(16(22)25-2)18-20(12)19/h4-9H,1-3H3.